The Morgan fingerprint density at radius 3 is 2.73 bits per heavy atom. The lowest BCUT2D eigenvalue weighted by atomic mass is 9.95. The number of carbonyl (C=O) groups excluding carboxylic acids is 1. The Labute approximate surface area is 201 Å². The monoisotopic (exact) mass is 482 g/mol. The topological polar surface area (TPSA) is 90.8 Å². The molecule has 2 aliphatic heterocycles. The van der Waals surface area contributed by atoms with Crippen molar-refractivity contribution in [1.29, 1.82) is 0 Å². The van der Waals surface area contributed by atoms with Gasteiger partial charge in [-0.15, -0.1) is 0 Å². The van der Waals surface area contributed by atoms with Gasteiger partial charge in [-0.05, 0) is 41.4 Å². The Hall–Kier alpha value is -2.84. The van der Waals surface area contributed by atoms with Crippen LogP contribution in [0.2, 0.25) is 5.02 Å². The number of rotatable bonds is 7. The number of aromatic nitrogens is 3. The molecule has 170 valence electrons. The van der Waals surface area contributed by atoms with E-state index in [0.717, 1.165) is 18.6 Å². The first-order valence-corrected chi connectivity index (χ1v) is 12.6. The van der Waals surface area contributed by atoms with Crippen molar-refractivity contribution in [2.24, 2.45) is 0 Å². The fourth-order valence-electron chi connectivity index (χ4n) is 4.48. The fraction of sp³-hybridized carbons (Fsp3) is 0.333. The minimum Gasteiger partial charge on any atom is -0.317 e. The predicted octanol–water partition coefficient (Wildman–Crippen LogP) is 4.52. The van der Waals surface area contributed by atoms with E-state index in [2.05, 4.69) is 22.5 Å². The number of benzene rings is 2. The number of para-hydroxylation sites is 1. The van der Waals surface area contributed by atoms with Gasteiger partial charge in [-0.1, -0.05) is 68.1 Å². The standard InChI is InChI=1S/C24H24ClN5O2S/c1-2-3-4-5-8-13-33-23-27-21(31)20-16-9-6-7-10-18(16)28-24(30(20)29-23)17-14-15(25)11-12-19(17)26-22(24)32/h6-7,9-12,14H,2-5,8,13H2,1H3,(H2,26,27,29,31,32)/p+1/t24-/m1/s1. The lowest BCUT2D eigenvalue weighted by Crippen LogP contribution is -2.71. The van der Waals surface area contributed by atoms with E-state index in [1.54, 1.807) is 18.2 Å². The van der Waals surface area contributed by atoms with E-state index in [-0.39, 0.29) is 11.5 Å². The third-order valence-electron chi connectivity index (χ3n) is 6.09. The summed E-state index contributed by atoms with van der Waals surface area (Å²) in [4.78, 5) is 29.7. The van der Waals surface area contributed by atoms with Crippen molar-refractivity contribution in [3.8, 4) is 11.3 Å². The molecule has 1 atom stereocenters. The maximum atomic E-state index is 13.5. The third kappa shape index (κ3) is 3.71. The van der Waals surface area contributed by atoms with Crippen molar-refractivity contribution in [3.63, 3.8) is 0 Å². The highest BCUT2D eigenvalue weighted by Gasteiger charge is 2.62. The number of aromatic amines is 1. The number of halogens is 1. The van der Waals surface area contributed by atoms with Crippen molar-refractivity contribution in [2.75, 3.05) is 16.4 Å². The summed E-state index contributed by atoms with van der Waals surface area (Å²) >= 11 is 7.82. The number of H-pyrrole nitrogens is 1. The summed E-state index contributed by atoms with van der Waals surface area (Å²) in [5.74, 6) is 0.534. The lowest BCUT2D eigenvalue weighted by molar-refractivity contribution is -0.781. The maximum Gasteiger partial charge on any atom is 0.374 e. The molecule has 7 nitrogen and oxygen atoms in total. The first-order valence-electron chi connectivity index (χ1n) is 11.2. The molecule has 0 radical (unpaired) electrons. The molecule has 0 saturated carbocycles. The average Bonchev–Trinajstić information content (AvgIpc) is 3.07. The molecule has 2 aromatic carbocycles. The second kappa shape index (κ2) is 8.83. The van der Waals surface area contributed by atoms with Gasteiger partial charge >= 0.3 is 22.8 Å². The van der Waals surface area contributed by atoms with Gasteiger partial charge in [-0.3, -0.25) is 14.6 Å². The van der Waals surface area contributed by atoms with E-state index in [0.29, 0.717) is 38.4 Å². The highest BCUT2D eigenvalue weighted by Crippen LogP contribution is 2.42. The number of hydrogen-bond donors (Lipinski definition) is 3. The van der Waals surface area contributed by atoms with Crippen LogP contribution in [-0.2, 0) is 10.5 Å². The zero-order valence-electron chi connectivity index (χ0n) is 18.3. The van der Waals surface area contributed by atoms with Crippen LogP contribution in [0.4, 0.5) is 11.4 Å². The van der Waals surface area contributed by atoms with E-state index in [9.17, 15) is 9.59 Å². The number of anilines is 2. The van der Waals surface area contributed by atoms with Gasteiger partial charge in [0, 0.05) is 15.9 Å². The van der Waals surface area contributed by atoms with Crippen LogP contribution >= 0.6 is 23.4 Å². The quantitative estimate of drug-likeness (QED) is 0.262. The molecule has 3 heterocycles. The second-order valence-corrected chi connectivity index (χ2v) is 9.83. The molecule has 1 aromatic heterocycles. The average molecular weight is 483 g/mol. The van der Waals surface area contributed by atoms with Crippen molar-refractivity contribution in [2.45, 2.75) is 49.8 Å². The van der Waals surface area contributed by atoms with Crippen molar-refractivity contribution >= 4 is 40.6 Å². The van der Waals surface area contributed by atoms with E-state index >= 15 is 0 Å². The summed E-state index contributed by atoms with van der Waals surface area (Å²) in [6, 6.07) is 12.7. The number of carbonyl (C=O) groups is 1. The Balaban J connectivity index is 1.61. The van der Waals surface area contributed by atoms with Crippen LogP contribution in [-0.4, -0.2) is 21.7 Å². The molecule has 0 saturated heterocycles. The number of thioether (sulfide) groups is 1. The maximum absolute atomic E-state index is 13.5. The summed E-state index contributed by atoms with van der Waals surface area (Å²) in [6.07, 6.45) is 5.84. The summed E-state index contributed by atoms with van der Waals surface area (Å²) in [5.41, 5.74) is 1.29. The van der Waals surface area contributed by atoms with Gasteiger partial charge in [0.05, 0.1) is 22.5 Å². The molecule has 3 N–H and O–H groups in total. The summed E-state index contributed by atoms with van der Waals surface area (Å²) in [7, 11) is 0. The van der Waals surface area contributed by atoms with Gasteiger partial charge in [0.2, 0.25) is 5.16 Å². The van der Waals surface area contributed by atoms with Gasteiger partial charge in [-0.2, -0.15) is 0 Å². The Kier molecular flexibility index (Phi) is 5.88. The molecule has 0 fully saturated rings. The molecule has 33 heavy (non-hydrogen) atoms. The van der Waals surface area contributed by atoms with Gasteiger partial charge < -0.3 is 10.6 Å². The number of nitrogens with one attached hydrogen (secondary N) is 3. The lowest BCUT2D eigenvalue weighted by Gasteiger charge is -2.28. The first-order chi connectivity index (χ1) is 16.0. The summed E-state index contributed by atoms with van der Waals surface area (Å²) < 4.78 is 1.53. The number of amides is 1. The smallest absolute Gasteiger partial charge is 0.317 e. The molecule has 3 aromatic rings. The number of nitrogens with zero attached hydrogens (tertiary/aromatic N) is 2. The minimum atomic E-state index is -1.41. The Morgan fingerprint density at radius 1 is 1.06 bits per heavy atom. The van der Waals surface area contributed by atoms with Crippen LogP contribution in [0.25, 0.3) is 11.3 Å². The highest BCUT2D eigenvalue weighted by molar-refractivity contribution is 7.99. The van der Waals surface area contributed by atoms with Gasteiger partial charge in [0.25, 0.3) is 0 Å². The molecule has 0 bridgehead atoms. The summed E-state index contributed by atoms with van der Waals surface area (Å²) in [5, 5.41) is 12.1. The van der Waals surface area contributed by atoms with Crippen molar-refractivity contribution < 1.29 is 9.48 Å². The van der Waals surface area contributed by atoms with Crippen LogP contribution in [0.3, 0.4) is 0 Å². The minimum absolute atomic E-state index is 0.282. The summed E-state index contributed by atoms with van der Waals surface area (Å²) in [6.45, 7) is 2.19. The van der Waals surface area contributed by atoms with Crippen LogP contribution in [0.1, 0.15) is 44.6 Å². The zero-order valence-corrected chi connectivity index (χ0v) is 19.9. The fourth-order valence-corrected chi connectivity index (χ4v) is 5.50. The third-order valence-corrected chi connectivity index (χ3v) is 7.27. The molecule has 0 aliphatic carbocycles. The van der Waals surface area contributed by atoms with E-state index in [1.807, 2.05) is 24.3 Å². The largest absolute Gasteiger partial charge is 0.374 e. The van der Waals surface area contributed by atoms with E-state index < -0.39 is 5.66 Å². The van der Waals surface area contributed by atoms with Crippen LogP contribution in [0.15, 0.2) is 52.4 Å². The highest BCUT2D eigenvalue weighted by atomic mass is 35.5. The molecular formula is C24H25ClN5O2S+. The van der Waals surface area contributed by atoms with Gasteiger partial charge in [0.1, 0.15) is 0 Å². The first kappa shape index (κ1) is 22.0. The molecule has 9 heteroatoms. The van der Waals surface area contributed by atoms with Crippen LogP contribution in [0.5, 0.6) is 0 Å². The van der Waals surface area contributed by atoms with E-state index in [1.165, 1.54) is 35.7 Å². The molecule has 1 spiro atoms. The Morgan fingerprint density at radius 2 is 1.88 bits per heavy atom. The molecule has 1 amide bonds. The normalized spacial score (nSPS) is 17.8. The number of hydrogen-bond acceptors (Lipinski definition) is 5. The SMILES string of the molecule is CCCCCCCSc1n[n+]2c(c(=O)[nH]1)-c1ccccc1N[C@@]21C(=O)Nc2ccc(Cl)cc21. The molecule has 2 aliphatic rings. The molecular weight excluding hydrogens is 458 g/mol. The predicted molar refractivity (Wildman–Crippen MR) is 131 cm³/mol. The zero-order chi connectivity index (χ0) is 23.0. The van der Waals surface area contributed by atoms with Crippen LogP contribution in [0, 0.1) is 0 Å². The van der Waals surface area contributed by atoms with Gasteiger partial charge in [-0.25, -0.2) is 0 Å². The van der Waals surface area contributed by atoms with Crippen LogP contribution < -0.4 is 20.9 Å². The van der Waals surface area contributed by atoms with E-state index in [4.69, 9.17) is 16.7 Å². The van der Waals surface area contributed by atoms with Crippen molar-refractivity contribution in [3.05, 3.63) is 63.4 Å². The number of fused-ring (bicyclic) bond motifs is 6. The number of unbranched alkanes of at least 4 members (excludes halogenated alkanes) is 4. The second-order valence-electron chi connectivity index (χ2n) is 8.31. The Bertz CT molecular complexity index is 1290. The van der Waals surface area contributed by atoms with Gasteiger partial charge in [0.15, 0.2) is 0 Å². The molecule has 5 rings (SSSR count). The molecule has 0 unspecified atom stereocenters. The van der Waals surface area contributed by atoms with Crippen molar-refractivity contribution in [1.82, 2.24) is 10.1 Å².